The van der Waals surface area contributed by atoms with Crippen LogP contribution in [0.25, 0.3) is 0 Å². The number of carboxylic acid groups (broad SMARTS) is 1. The summed E-state index contributed by atoms with van der Waals surface area (Å²) in [5.74, 6) is 0.588. The number of halogens is 1. The summed E-state index contributed by atoms with van der Waals surface area (Å²) in [6.07, 6.45) is 9.30. The summed E-state index contributed by atoms with van der Waals surface area (Å²) >= 11 is 0. The topological polar surface area (TPSA) is 49.3 Å². The average Bonchev–Trinajstić information content (AvgIpc) is 2.30. The summed E-state index contributed by atoms with van der Waals surface area (Å²) in [7, 11) is 0. The van der Waals surface area contributed by atoms with E-state index >= 15 is 0 Å². The zero-order valence-corrected chi connectivity index (χ0v) is 11.2. The lowest BCUT2D eigenvalue weighted by atomic mass is 9.77. The molecule has 4 heteroatoms. The Morgan fingerprint density at radius 2 is 1.88 bits per heavy atom. The molecule has 0 aromatic heterocycles. The highest BCUT2D eigenvalue weighted by Gasteiger charge is 2.29. The van der Waals surface area contributed by atoms with Gasteiger partial charge in [-0.25, -0.2) is 0 Å². The molecule has 0 aromatic carbocycles. The molecule has 0 aromatic rings. The minimum absolute atomic E-state index is 0. The van der Waals surface area contributed by atoms with Gasteiger partial charge in [0.25, 0.3) is 0 Å². The third-order valence-electron chi connectivity index (χ3n) is 4.23. The van der Waals surface area contributed by atoms with Crippen molar-refractivity contribution < 1.29 is 9.90 Å². The van der Waals surface area contributed by atoms with Crippen molar-refractivity contribution in [3.63, 3.8) is 0 Å². The zero-order chi connectivity index (χ0) is 11.4. The van der Waals surface area contributed by atoms with Gasteiger partial charge in [-0.1, -0.05) is 19.3 Å². The number of rotatable bonds is 3. The highest BCUT2D eigenvalue weighted by molar-refractivity contribution is 5.85. The Balaban J connectivity index is 0.00000144. The molecule has 2 unspecified atom stereocenters. The summed E-state index contributed by atoms with van der Waals surface area (Å²) in [5, 5.41) is 12.4. The van der Waals surface area contributed by atoms with Gasteiger partial charge in [0.2, 0.25) is 0 Å². The molecule has 1 saturated carbocycles. The minimum Gasteiger partial charge on any atom is -0.481 e. The molecule has 2 aliphatic rings. The molecule has 2 rings (SSSR count). The first-order valence-corrected chi connectivity index (χ1v) is 6.71. The molecule has 2 atom stereocenters. The number of hydrogen-bond donors (Lipinski definition) is 2. The van der Waals surface area contributed by atoms with Gasteiger partial charge in [0.15, 0.2) is 0 Å². The maximum atomic E-state index is 10.7. The van der Waals surface area contributed by atoms with Gasteiger partial charge < -0.3 is 10.4 Å². The quantitative estimate of drug-likeness (QED) is 0.821. The molecule has 17 heavy (non-hydrogen) atoms. The second-order valence-electron chi connectivity index (χ2n) is 5.45. The Hall–Kier alpha value is -0.280. The van der Waals surface area contributed by atoms with Crippen LogP contribution in [-0.2, 0) is 4.79 Å². The van der Waals surface area contributed by atoms with Crippen LogP contribution in [0.2, 0.25) is 0 Å². The molecule has 3 nitrogen and oxygen atoms in total. The van der Waals surface area contributed by atoms with E-state index in [1.165, 1.54) is 32.1 Å². The molecule has 0 bridgehead atoms. The molecular formula is C13H24ClNO2. The summed E-state index contributed by atoms with van der Waals surface area (Å²) in [6.45, 7) is 1.01. The van der Waals surface area contributed by atoms with Crippen LogP contribution in [0.5, 0.6) is 0 Å². The maximum absolute atomic E-state index is 10.7. The molecule has 1 heterocycles. The second kappa shape index (κ2) is 7.22. The van der Waals surface area contributed by atoms with Gasteiger partial charge in [-0.15, -0.1) is 12.4 Å². The molecule has 2 N–H and O–H groups in total. The molecule has 1 aliphatic carbocycles. The van der Waals surface area contributed by atoms with Crippen LogP contribution in [0.1, 0.15) is 51.4 Å². The zero-order valence-electron chi connectivity index (χ0n) is 10.4. The molecule has 0 radical (unpaired) electrons. The summed E-state index contributed by atoms with van der Waals surface area (Å²) in [4.78, 5) is 10.7. The highest BCUT2D eigenvalue weighted by Crippen LogP contribution is 2.32. The van der Waals surface area contributed by atoms with Gasteiger partial charge in [-0.05, 0) is 44.1 Å². The Morgan fingerprint density at radius 3 is 2.53 bits per heavy atom. The number of hydrogen-bond acceptors (Lipinski definition) is 2. The van der Waals surface area contributed by atoms with Gasteiger partial charge in [0.1, 0.15) is 0 Å². The number of aliphatic carboxylic acids is 1. The van der Waals surface area contributed by atoms with Gasteiger partial charge in [0.05, 0.1) is 0 Å². The summed E-state index contributed by atoms with van der Waals surface area (Å²) in [5.41, 5.74) is 0. The smallest absolute Gasteiger partial charge is 0.303 e. The van der Waals surface area contributed by atoms with E-state index in [1.807, 2.05) is 0 Å². The van der Waals surface area contributed by atoms with Crippen molar-refractivity contribution in [2.24, 2.45) is 11.8 Å². The molecular weight excluding hydrogens is 238 g/mol. The van der Waals surface area contributed by atoms with E-state index < -0.39 is 5.97 Å². The predicted molar refractivity (Wildman–Crippen MR) is 70.6 cm³/mol. The first kappa shape index (κ1) is 14.8. The van der Waals surface area contributed by atoms with E-state index in [4.69, 9.17) is 5.11 Å². The van der Waals surface area contributed by atoms with Crippen molar-refractivity contribution in [3.05, 3.63) is 0 Å². The van der Waals surface area contributed by atoms with Crippen LogP contribution in [0.3, 0.4) is 0 Å². The minimum atomic E-state index is -0.630. The van der Waals surface area contributed by atoms with E-state index in [-0.39, 0.29) is 12.4 Å². The molecule has 0 amide bonds. The fourth-order valence-electron chi connectivity index (χ4n) is 3.36. The van der Waals surface area contributed by atoms with Crippen LogP contribution in [0.15, 0.2) is 0 Å². The van der Waals surface area contributed by atoms with Crippen LogP contribution < -0.4 is 5.32 Å². The van der Waals surface area contributed by atoms with Crippen LogP contribution in [-0.4, -0.2) is 23.7 Å². The monoisotopic (exact) mass is 261 g/mol. The van der Waals surface area contributed by atoms with Crippen LogP contribution >= 0.6 is 12.4 Å². The lowest BCUT2D eigenvalue weighted by molar-refractivity contribution is -0.138. The lowest BCUT2D eigenvalue weighted by Gasteiger charge is -2.37. The Morgan fingerprint density at radius 1 is 1.18 bits per heavy atom. The highest BCUT2D eigenvalue weighted by atomic mass is 35.5. The first-order chi connectivity index (χ1) is 7.75. The Kier molecular flexibility index (Phi) is 6.28. The first-order valence-electron chi connectivity index (χ1n) is 6.71. The van der Waals surface area contributed by atoms with Crippen LogP contribution in [0.4, 0.5) is 0 Å². The summed E-state index contributed by atoms with van der Waals surface area (Å²) in [6, 6.07) is 0.596. The molecule has 0 spiro atoms. The van der Waals surface area contributed by atoms with Gasteiger partial charge in [-0.2, -0.15) is 0 Å². The standard InChI is InChI=1S/C13H23NO2.ClH/c15-13(16)9-10-6-7-14-12(8-10)11-4-2-1-3-5-11;/h10-12,14H,1-9H2,(H,15,16);1H. The SMILES string of the molecule is Cl.O=C(O)CC1CCNC(C2CCCCC2)C1. The number of carbonyl (C=O) groups is 1. The maximum Gasteiger partial charge on any atom is 0.303 e. The fraction of sp³-hybridized carbons (Fsp3) is 0.923. The van der Waals surface area contributed by atoms with Crippen molar-refractivity contribution in [3.8, 4) is 0 Å². The van der Waals surface area contributed by atoms with E-state index in [9.17, 15) is 4.79 Å². The van der Waals surface area contributed by atoms with Gasteiger partial charge >= 0.3 is 5.97 Å². The van der Waals surface area contributed by atoms with Crippen molar-refractivity contribution in [2.45, 2.75) is 57.4 Å². The number of piperidine rings is 1. The van der Waals surface area contributed by atoms with Gasteiger partial charge in [0, 0.05) is 12.5 Å². The lowest BCUT2D eigenvalue weighted by Crippen LogP contribution is -2.44. The normalized spacial score (nSPS) is 30.6. The van der Waals surface area contributed by atoms with E-state index in [1.54, 1.807) is 0 Å². The second-order valence-corrected chi connectivity index (χ2v) is 5.45. The number of carboxylic acids is 1. The van der Waals surface area contributed by atoms with Crippen molar-refractivity contribution in [1.82, 2.24) is 5.32 Å². The van der Waals surface area contributed by atoms with E-state index in [2.05, 4.69) is 5.32 Å². The van der Waals surface area contributed by atoms with Gasteiger partial charge in [-0.3, -0.25) is 4.79 Å². The molecule has 100 valence electrons. The molecule has 2 fully saturated rings. The number of nitrogens with one attached hydrogen (secondary N) is 1. The fourth-order valence-corrected chi connectivity index (χ4v) is 3.36. The average molecular weight is 262 g/mol. The largest absolute Gasteiger partial charge is 0.481 e. The van der Waals surface area contributed by atoms with Crippen molar-refractivity contribution in [2.75, 3.05) is 6.54 Å². The van der Waals surface area contributed by atoms with Crippen LogP contribution in [0, 0.1) is 11.8 Å². The van der Waals surface area contributed by atoms with Crippen molar-refractivity contribution in [1.29, 1.82) is 0 Å². The Bertz CT molecular complexity index is 242. The third kappa shape index (κ3) is 4.47. The van der Waals surface area contributed by atoms with Crippen molar-refractivity contribution >= 4 is 18.4 Å². The predicted octanol–water partition coefficient (Wildman–Crippen LogP) is 2.83. The third-order valence-corrected chi connectivity index (χ3v) is 4.23. The van der Waals surface area contributed by atoms with E-state index in [0.29, 0.717) is 18.4 Å². The molecule has 1 aliphatic heterocycles. The summed E-state index contributed by atoms with van der Waals surface area (Å²) < 4.78 is 0. The van der Waals surface area contributed by atoms with E-state index in [0.717, 1.165) is 25.3 Å². The molecule has 1 saturated heterocycles. The Labute approximate surface area is 110 Å².